The van der Waals surface area contributed by atoms with Crippen molar-refractivity contribution < 1.29 is 19.1 Å². The van der Waals surface area contributed by atoms with Crippen LogP contribution in [0, 0.1) is 6.92 Å². The second-order valence-corrected chi connectivity index (χ2v) is 10.3. The molecule has 37 heavy (non-hydrogen) atoms. The molecule has 3 N–H and O–H groups in total. The highest BCUT2D eigenvalue weighted by Crippen LogP contribution is 2.37. The Morgan fingerprint density at radius 1 is 0.811 bits per heavy atom. The maximum atomic E-state index is 13.6. The van der Waals surface area contributed by atoms with Gasteiger partial charge in [0.2, 0.25) is 0 Å². The minimum atomic E-state index is -0.436. The number of benzene rings is 3. The molecule has 1 aliphatic rings. The third-order valence-electron chi connectivity index (χ3n) is 6.00. The van der Waals surface area contributed by atoms with Gasteiger partial charge in [-0.3, -0.25) is 9.59 Å². The van der Waals surface area contributed by atoms with Crippen LogP contribution in [0.1, 0.15) is 71.0 Å². The summed E-state index contributed by atoms with van der Waals surface area (Å²) >= 11 is 0. The number of hydrogen-bond acceptors (Lipinski definition) is 6. The van der Waals surface area contributed by atoms with Gasteiger partial charge in [-0.15, -0.1) is 0 Å². The van der Waals surface area contributed by atoms with Crippen LogP contribution in [-0.4, -0.2) is 36.4 Å². The van der Waals surface area contributed by atoms with E-state index in [0.29, 0.717) is 53.2 Å². The van der Waals surface area contributed by atoms with Crippen LogP contribution in [0.2, 0.25) is 0 Å². The van der Waals surface area contributed by atoms with E-state index in [9.17, 15) is 14.4 Å². The minimum Gasteiger partial charge on any atom is -0.450 e. The molecule has 192 valence electrons. The molecule has 0 bridgehead atoms. The quantitative estimate of drug-likeness (QED) is 0.249. The molecule has 0 aromatic heterocycles. The molecule has 0 radical (unpaired) electrons. The molecule has 0 atom stereocenters. The number of aryl methyl sites for hydroxylation is 1. The van der Waals surface area contributed by atoms with Crippen molar-refractivity contribution in [2.45, 2.75) is 46.1 Å². The number of hydrogen-bond donors (Lipinski definition) is 3. The Labute approximate surface area is 217 Å². The average Bonchev–Trinajstić information content (AvgIpc) is 2.85. The lowest BCUT2D eigenvalue weighted by Gasteiger charge is -2.24. The first-order valence-corrected chi connectivity index (χ1v) is 12.5. The maximum Gasteiger partial charge on any atom is 0.407 e. The Morgan fingerprint density at radius 2 is 1.41 bits per heavy atom. The number of nitrogens with one attached hydrogen (secondary N) is 3. The van der Waals surface area contributed by atoms with Crippen molar-refractivity contribution in [1.82, 2.24) is 5.32 Å². The first-order chi connectivity index (χ1) is 17.6. The topological polar surface area (TPSA) is 96.5 Å². The first-order valence-electron chi connectivity index (χ1n) is 12.5. The van der Waals surface area contributed by atoms with Gasteiger partial charge in [0.1, 0.15) is 0 Å². The van der Waals surface area contributed by atoms with Gasteiger partial charge >= 0.3 is 6.09 Å². The zero-order chi connectivity index (χ0) is 26.6. The second kappa shape index (κ2) is 10.9. The van der Waals surface area contributed by atoms with Crippen LogP contribution in [0.25, 0.3) is 0 Å². The SMILES string of the molecule is Cc1ccc(Nc2ccc(NCCCCOC(=O)NC(C)(C)C)c3c2C(=O)c2ccccc2C3=O)cc1. The summed E-state index contributed by atoms with van der Waals surface area (Å²) in [6, 6.07) is 18.5. The van der Waals surface area contributed by atoms with Gasteiger partial charge in [-0.25, -0.2) is 4.79 Å². The normalized spacial score (nSPS) is 12.4. The Bertz CT molecular complexity index is 1320. The van der Waals surface area contributed by atoms with Crippen LogP contribution in [0.3, 0.4) is 0 Å². The fourth-order valence-electron chi connectivity index (χ4n) is 4.22. The van der Waals surface area contributed by atoms with E-state index in [1.54, 1.807) is 24.3 Å². The molecular formula is C30H33N3O4. The number of ether oxygens (including phenoxy) is 1. The summed E-state index contributed by atoms with van der Waals surface area (Å²) in [7, 11) is 0. The van der Waals surface area contributed by atoms with Crippen LogP contribution < -0.4 is 16.0 Å². The van der Waals surface area contributed by atoms with Gasteiger partial charge in [-0.1, -0.05) is 42.0 Å². The van der Waals surface area contributed by atoms with E-state index in [1.165, 1.54) is 0 Å². The van der Waals surface area contributed by atoms with Crippen molar-refractivity contribution in [2.24, 2.45) is 0 Å². The van der Waals surface area contributed by atoms with Gasteiger partial charge in [0.05, 0.1) is 23.4 Å². The van der Waals surface area contributed by atoms with Crippen molar-refractivity contribution >= 4 is 34.7 Å². The van der Waals surface area contributed by atoms with Crippen LogP contribution in [0.15, 0.2) is 60.7 Å². The molecule has 0 saturated heterocycles. The van der Waals surface area contributed by atoms with E-state index in [-0.39, 0.29) is 17.1 Å². The summed E-state index contributed by atoms with van der Waals surface area (Å²) in [6.45, 7) is 8.55. The highest BCUT2D eigenvalue weighted by molar-refractivity contribution is 6.32. The molecule has 0 fully saturated rings. The predicted molar refractivity (Wildman–Crippen MR) is 146 cm³/mol. The molecule has 7 nitrogen and oxygen atoms in total. The van der Waals surface area contributed by atoms with E-state index in [0.717, 1.165) is 17.7 Å². The lowest BCUT2D eigenvalue weighted by Crippen LogP contribution is -2.41. The molecular weight excluding hydrogens is 466 g/mol. The number of fused-ring (bicyclic) bond motifs is 2. The molecule has 0 saturated carbocycles. The molecule has 0 unspecified atom stereocenters. The smallest absolute Gasteiger partial charge is 0.407 e. The van der Waals surface area contributed by atoms with E-state index in [4.69, 9.17) is 4.74 Å². The summed E-state index contributed by atoms with van der Waals surface area (Å²) in [5.41, 5.74) is 4.40. The van der Waals surface area contributed by atoms with Gasteiger partial charge in [0, 0.05) is 34.6 Å². The number of ketones is 2. The number of anilines is 3. The highest BCUT2D eigenvalue weighted by atomic mass is 16.5. The van der Waals surface area contributed by atoms with Crippen LogP contribution in [-0.2, 0) is 4.74 Å². The fourth-order valence-corrected chi connectivity index (χ4v) is 4.22. The van der Waals surface area contributed by atoms with Gasteiger partial charge in [-0.05, 0) is 64.8 Å². The third kappa shape index (κ3) is 6.17. The third-order valence-corrected chi connectivity index (χ3v) is 6.00. The van der Waals surface area contributed by atoms with E-state index in [1.807, 2.05) is 64.1 Å². The van der Waals surface area contributed by atoms with Crippen molar-refractivity contribution in [2.75, 3.05) is 23.8 Å². The largest absolute Gasteiger partial charge is 0.450 e. The van der Waals surface area contributed by atoms with E-state index >= 15 is 0 Å². The fraction of sp³-hybridized carbons (Fsp3) is 0.300. The number of carbonyl (C=O) groups is 3. The second-order valence-electron chi connectivity index (χ2n) is 10.3. The molecule has 3 aromatic rings. The van der Waals surface area contributed by atoms with E-state index < -0.39 is 6.09 Å². The maximum absolute atomic E-state index is 13.6. The van der Waals surface area contributed by atoms with Crippen molar-refractivity contribution in [3.63, 3.8) is 0 Å². The lowest BCUT2D eigenvalue weighted by atomic mass is 9.82. The number of rotatable bonds is 8. The number of amides is 1. The van der Waals surface area contributed by atoms with Gasteiger partial charge in [-0.2, -0.15) is 0 Å². The Hall–Kier alpha value is -4.13. The zero-order valence-electron chi connectivity index (χ0n) is 21.7. The molecule has 7 heteroatoms. The molecule has 0 spiro atoms. The van der Waals surface area contributed by atoms with Crippen molar-refractivity contribution in [1.29, 1.82) is 0 Å². The predicted octanol–water partition coefficient (Wildman–Crippen LogP) is 6.23. The van der Waals surface area contributed by atoms with Crippen LogP contribution >= 0.6 is 0 Å². The van der Waals surface area contributed by atoms with Gasteiger partial charge < -0.3 is 20.7 Å². The minimum absolute atomic E-state index is 0.178. The summed E-state index contributed by atoms with van der Waals surface area (Å²) in [4.78, 5) is 38.9. The summed E-state index contributed by atoms with van der Waals surface area (Å²) in [6.07, 6.45) is 0.948. The molecule has 0 aliphatic heterocycles. The van der Waals surface area contributed by atoms with Crippen LogP contribution in [0.4, 0.5) is 21.9 Å². The monoisotopic (exact) mass is 499 g/mol. The number of alkyl carbamates (subject to hydrolysis) is 1. The molecule has 3 aromatic carbocycles. The molecule has 1 amide bonds. The van der Waals surface area contributed by atoms with Gasteiger partial charge in [0.15, 0.2) is 11.6 Å². The standard InChI is InChI=1S/C30H33N3O4/c1-19-11-13-20(14-12-19)32-24-16-15-23(31-17-7-8-18-37-29(36)33-30(2,3)4)25-26(24)28(35)22-10-6-5-9-21(22)27(25)34/h5-6,9-16,31-32H,7-8,17-18H2,1-4H3,(H,33,36). The van der Waals surface area contributed by atoms with Crippen LogP contribution in [0.5, 0.6) is 0 Å². The van der Waals surface area contributed by atoms with Crippen molar-refractivity contribution in [3.05, 3.63) is 88.5 Å². The Balaban J connectivity index is 1.51. The lowest BCUT2D eigenvalue weighted by molar-refractivity contribution is 0.0980. The average molecular weight is 500 g/mol. The Morgan fingerprint density at radius 3 is 2.03 bits per heavy atom. The number of unbranched alkanes of at least 4 members (excludes halogenated alkanes) is 1. The first kappa shape index (κ1) is 25.9. The molecule has 0 heterocycles. The van der Waals surface area contributed by atoms with Gasteiger partial charge in [0.25, 0.3) is 0 Å². The molecule has 1 aliphatic carbocycles. The highest BCUT2D eigenvalue weighted by Gasteiger charge is 2.33. The summed E-state index contributed by atoms with van der Waals surface area (Å²) in [5.74, 6) is -0.357. The zero-order valence-corrected chi connectivity index (χ0v) is 21.7. The van der Waals surface area contributed by atoms with E-state index in [2.05, 4.69) is 16.0 Å². The summed E-state index contributed by atoms with van der Waals surface area (Å²) in [5, 5.41) is 9.41. The summed E-state index contributed by atoms with van der Waals surface area (Å²) < 4.78 is 5.23. The van der Waals surface area contributed by atoms with Crippen molar-refractivity contribution in [3.8, 4) is 0 Å². The Kier molecular flexibility index (Phi) is 7.62. The number of carbonyl (C=O) groups excluding carboxylic acids is 3. The molecule has 4 rings (SSSR count).